The molecule has 0 aliphatic carbocycles. The fourth-order valence-corrected chi connectivity index (χ4v) is 11.2. The standard InChI is InChI=1S/C77H142O6/c1-4-7-10-13-16-19-22-24-26-28-30-32-34-36-37-38-39-41-42-44-46-48-50-52-55-58-61-64-67-70-76(79)82-73-74(72-81-75(78)69-66-63-60-57-54-21-18-15-12-9-6-3)83-77(80)71-68-65-62-59-56-53-51-49-47-45-43-40-35-33-31-29-27-25-23-20-17-14-11-8-5-2/h22-25,28-31,74H,4-21,26-27,32-73H2,1-3H3/b24-22-,25-23-,30-28-,31-29-. The van der Waals surface area contributed by atoms with Gasteiger partial charge in [0, 0.05) is 19.3 Å². The Morgan fingerprint density at radius 3 is 0.663 bits per heavy atom. The van der Waals surface area contributed by atoms with Crippen molar-refractivity contribution in [1.82, 2.24) is 0 Å². The number of unbranched alkanes of at least 4 members (excludes halogenated alkanes) is 50. The zero-order valence-corrected chi connectivity index (χ0v) is 56.0. The van der Waals surface area contributed by atoms with Crippen molar-refractivity contribution >= 4 is 17.9 Å². The zero-order valence-electron chi connectivity index (χ0n) is 56.0. The van der Waals surface area contributed by atoms with Crippen molar-refractivity contribution in [2.45, 2.75) is 412 Å². The van der Waals surface area contributed by atoms with Crippen LogP contribution in [-0.4, -0.2) is 37.2 Å². The zero-order chi connectivity index (χ0) is 59.9. The average molecular weight is 1160 g/mol. The van der Waals surface area contributed by atoms with Gasteiger partial charge in [-0.05, 0) is 83.5 Å². The van der Waals surface area contributed by atoms with Crippen molar-refractivity contribution in [3.63, 3.8) is 0 Å². The second kappa shape index (κ2) is 71.8. The maximum absolute atomic E-state index is 13.0. The number of rotatable bonds is 69. The monoisotopic (exact) mass is 1160 g/mol. The molecule has 0 saturated carbocycles. The molecule has 0 bridgehead atoms. The summed E-state index contributed by atoms with van der Waals surface area (Å²) < 4.78 is 17.0. The molecule has 0 aliphatic heterocycles. The molecule has 0 N–H and O–H groups in total. The smallest absolute Gasteiger partial charge is 0.306 e. The highest BCUT2D eigenvalue weighted by Crippen LogP contribution is 2.19. The molecule has 1 atom stereocenters. The SMILES string of the molecule is CCCCCCC/C=C\C/C=C\CCCCCCCCCCCCCCCCCCCC(=O)OCC(COC(=O)CCCCCCCCCCCCC)OC(=O)CCCCCCCCCCCCCCC/C=C\C/C=C\CCCCCCC. The van der Waals surface area contributed by atoms with Gasteiger partial charge in [-0.1, -0.05) is 352 Å². The summed E-state index contributed by atoms with van der Waals surface area (Å²) in [5, 5.41) is 0. The van der Waals surface area contributed by atoms with Crippen LogP contribution in [0.5, 0.6) is 0 Å². The molecular formula is C77H142O6. The normalized spacial score (nSPS) is 12.3. The van der Waals surface area contributed by atoms with Crippen LogP contribution in [0.15, 0.2) is 48.6 Å². The first-order chi connectivity index (χ1) is 41.0. The van der Waals surface area contributed by atoms with Gasteiger partial charge in [0.05, 0.1) is 0 Å². The lowest BCUT2D eigenvalue weighted by molar-refractivity contribution is -0.167. The van der Waals surface area contributed by atoms with Crippen molar-refractivity contribution in [2.75, 3.05) is 13.2 Å². The minimum Gasteiger partial charge on any atom is -0.462 e. The van der Waals surface area contributed by atoms with Crippen molar-refractivity contribution in [3.8, 4) is 0 Å². The highest BCUT2D eigenvalue weighted by Gasteiger charge is 2.19. The topological polar surface area (TPSA) is 78.9 Å². The summed E-state index contributed by atoms with van der Waals surface area (Å²) >= 11 is 0. The molecule has 0 aromatic rings. The Balaban J connectivity index is 4.15. The van der Waals surface area contributed by atoms with Crippen LogP contribution in [0.4, 0.5) is 0 Å². The van der Waals surface area contributed by atoms with Crippen molar-refractivity contribution in [2.24, 2.45) is 0 Å². The van der Waals surface area contributed by atoms with Crippen LogP contribution in [-0.2, 0) is 28.6 Å². The van der Waals surface area contributed by atoms with E-state index in [-0.39, 0.29) is 31.1 Å². The second-order valence-corrected chi connectivity index (χ2v) is 25.2. The van der Waals surface area contributed by atoms with Gasteiger partial charge < -0.3 is 14.2 Å². The molecule has 6 heteroatoms. The van der Waals surface area contributed by atoms with E-state index in [1.165, 1.54) is 295 Å². The minimum atomic E-state index is -0.771. The van der Waals surface area contributed by atoms with Crippen molar-refractivity contribution in [3.05, 3.63) is 48.6 Å². The number of hydrogen-bond acceptors (Lipinski definition) is 6. The Bertz CT molecular complexity index is 1430. The van der Waals surface area contributed by atoms with Gasteiger partial charge in [-0.2, -0.15) is 0 Å². The van der Waals surface area contributed by atoms with Gasteiger partial charge in [0.2, 0.25) is 0 Å². The number of carbonyl (C=O) groups is 3. The number of esters is 3. The number of allylic oxidation sites excluding steroid dienone is 8. The van der Waals surface area contributed by atoms with E-state index in [0.29, 0.717) is 19.3 Å². The number of ether oxygens (including phenoxy) is 3. The molecule has 0 heterocycles. The summed E-state index contributed by atoms with van der Waals surface area (Å²) in [4.78, 5) is 38.4. The fraction of sp³-hybridized carbons (Fsp3) is 0.857. The molecule has 1 unspecified atom stereocenters. The van der Waals surface area contributed by atoms with E-state index in [1.807, 2.05) is 0 Å². The predicted octanol–water partition coefficient (Wildman–Crippen LogP) is 25.7. The Morgan fingerprint density at radius 1 is 0.241 bits per heavy atom. The third-order valence-electron chi connectivity index (χ3n) is 16.8. The van der Waals surface area contributed by atoms with Gasteiger partial charge in [0.15, 0.2) is 6.10 Å². The Kier molecular flexibility index (Phi) is 69.6. The van der Waals surface area contributed by atoms with E-state index >= 15 is 0 Å². The van der Waals surface area contributed by atoms with E-state index in [0.717, 1.165) is 70.6 Å². The molecule has 0 aromatic carbocycles. The Labute approximate surface area is 518 Å². The molecule has 0 radical (unpaired) electrons. The van der Waals surface area contributed by atoms with Crippen LogP contribution in [0, 0.1) is 0 Å². The van der Waals surface area contributed by atoms with Crippen LogP contribution < -0.4 is 0 Å². The van der Waals surface area contributed by atoms with Crippen LogP contribution in [0.3, 0.4) is 0 Å². The van der Waals surface area contributed by atoms with Crippen molar-refractivity contribution in [1.29, 1.82) is 0 Å². The number of carbonyl (C=O) groups excluding carboxylic acids is 3. The Hall–Kier alpha value is -2.63. The van der Waals surface area contributed by atoms with Gasteiger partial charge in [-0.25, -0.2) is 0 Å². The van der Waals surface area contributed by atoms with Gasteiger partial charge in [-0.15, -0.1) is 0 Å². The first-order valence-electron chi connectivity index (χ1n) is 37.1. The third-order valence-corrected chi connectivity index (χ3v) is 16.8. The lowest BCUT2D eigenvalue weighted by Gasteiger charge is -2.18. The lowest BCUT2D eigenvalue weighted by Crippen LogP contribution is -2.30. The fourth-order valence-electron chi connectivity index (χ4n) is 11.2. The van der Waals surface area contributed by atoms with Gasteiger partial charge in [0.1, 0.15) is 13.2 Å². The first kappa shape index (κ1) is 80.4. The highest BCUT2D eigenvalue weighted by molar-refractivity contribution is 5.71. The summed E-state index contributed by atoms with van der Waals surface area (Å²) in [5.74, 6) is -0.840. The molecule has 0 aromatic heterocycles. The number of hydrogen-bond donors (Lipinski definition) is 0. The van der Waals surface area contributed by atoms with E-state index in [9.17, 15) is 14.4 Å². The summed E-state index contributed by atoms with van der Waals surface area (Å²) in [6, 6.07) is 0. The molecule has 0 aliphatic rings. The largest absolute Gasteiger partial charge is 0.462 e. The van der Waals surface area contributed by atoms with Crippen LogP contribution in [0.2, 0.25) is 0 Å². The molecule has 0 fully saturated rings. The average Bonchev–Trinajstić information content (AvgIpc) is 3.48. The van der Waals surface area contributed by atoms with Crippen LogP contribution in [0.25, 0.3) is 0 Å². The molecule has 0 spiro atoms. The molecule has 83 heavy (non-hydrogen) atoms. The van der Waals surface area contributed by atoms with Gasteiger partial charge in [0.25, 0.3) is 0 Å². The first-order valence-corrected chi connectivity index (χ1v) is 37.1. The molecule has 0 amide bonds. The quantitative estimate of drug-likeness (QED) is 0.0261. The Morgan fingerprint density at radius 2 is 0.434 bits per heavy atom. The summed E-state index contributed by atoms with van der Waals surface area (Å²) in [7, 11) is 0. The second-order valence-electron chi connectivity index (χ2n) is 25.2. The highest BCUT2D eigenvalue weighted by atomic mass is 16.6. The maximum Gasteiger partial charge on any atom is 0.306 e. The maximum atomic E-state index is 13.0. The van der Waals surface area contributed by atoms with Crippen molar-refractivity contribution < 1.29 is 28.6 Å². The van der Waals surface area contributed by atoms with Gasteiger partial charge in [-0.3, -0.25) is 14.4 Å². The molecule has 6 nitrogen and oxygen atoms in total. The third kappa shape index (κ3) is 70.0. The molecule has 0 rings (SSSR count). The van der Waals surface area contributed by atoms with E-state index in [2.05, 4.69) is 69.4 Å². The minimum absolute atomic E-state index is 0.0675. The summed E-state index contributed by atoms with van der Waals surface area (Å²) in [6.45, 7) is 6.68. The molecular weight excluding hydrogens is 1020 g/mol. The van der Waals surface area contributed by atoms with Crippen LogP contribution in [0.1, 0.15) is 406 Å². The van der Waals surface area contributed by atoms with Crippen LogP contribution >= 0.6 is 0 Å². The summed E-state index contributed by atoms with van der Waals surface area (Å²) in [5.41, 5.74) is 0. The van der Waals surface area contributed by atoms with E-state index < -0.39 is 6.10 Å². The van der Waals surface area contributed by atoms with E-state index in [1.54, 1.807) is 0 Å². The molecule has 486 valence electrons. The lowest BCUT2D eigenvalue weighted by atomic mass is 10.0. The summed E-state index contributed by atoms with van der Waals surface area (Å²) in [6.07, 6.45) is 91.6. The van der Waals surface area contributed by atoms with E-state index in [4.69, 9.17) is 14.2 Å². The molecule has 0 saturated heterocycles. The van der Waals surface area contributed by atoms with Gasteiger partial charge >= 0.3 is 17.9 Å². The predicted molar refractivity (Wildman–Crippen MR) is 362 cm³/mol.